The highest BCUT2D eigenvalue weighted by Gasteiger charge is 2.08. The second kappa shape index (κ2) is 3.66. The molecule has 0 unspecified atom stereocenters. The van der Waals surface area contributed by atoms with Crippen LogP contribution in [0.3, 0.4) is 0 Å². The molecule has 4 nitrogen and oxygen atoms in total. The molecule has 0 saturated heterocycles. The molecular formula is C6H8O4. The molecule has 0 radical (unpaired) electrons. The predicted octanol–water partition coefficient (Wildman–Crippen LogP) is 1.17. The topological polar surface area (TPSA) is 63.6 Å². The Kier molecular flexibility index (Phi) is 3.17. The van der Waals surface area contributed by atoms with E-state index in [0.29, 0.717) is 0 Å². The molecule has 0 aromatic heterocycles. The average molecular weight is 144 g/mol. The minimum Gasteiger partial charge on any atom is -0.449 e. The maximum Gasteiger partial charge on any atom is 0.513 e. The van der Waals surface area contributed by atoms with Crippen molar-refractivity contribution in [1.82, 2.24) is 0 Å². The van der Waals surface area contributed by atoms with Crippen LogP contribution in [0.1, 0.15) is 13.8 Å². The summed E-state index contributed by atoms with van der Waals surface area (Å²) in [5.41, 5.74) is 0.280. The van der Waals surface area contributed by atoms with Gasteiger partial charge in [-0.05, 0) is 13.8 Å². The van der Waals surface area contributed by atoms with Crippen LogP contribution in [0.4, 0.5) is 4.79 Å². The highest BCUT2D eigenvalue weighted by atomic mass is 16.7. The lowest BCUT2D eigenvalue weighted by molar-refractivity contribution is -0.134. The van der Waals surface area contributed by atoms with Gasteiger partial charge < -0.3 is 9.84 Å². The van der Waals surface area contributed by atoms with E-state index in [1.807, 2.05) is 0 Å². The van der Waals surface area contributed by atoms with Crippen LogP contribution in [-0.4, -0.2) is 17.2 Å². The molecule has 1 N–H and O–H groups in total. The third-order valence-electron chi connectivity index (χ3n) is 0.935. The molecule has 0 bridgehead atoms. The third-order valence-corrected chi connectivity index (χ3v) is 0.935. The van der Waals surface area contributed by atoms with Crippen LogP contribution < -0.4 is 0 Å². The fourth-order valence-corrected chi connectivity index (χ4v) is 0.278. The summed E-state index contributed by atoms with van der Waals surface area (Å²) in [6, 6.07) is 0. The molecule has 0 spiro atoms. The number of carbonyl (C=O) groups excluding carboxylic acids is 1. The molecular weight excluding hydrogens is 136 g/mol. The summed E-state index contributed by atoms with van der Waals surface area (Å²) >= 11 is 0. The molecule has 0 atom stereocenters. The van der Waals surface area contributed by atoms with E-state index in [-0.39, 0.29) is 5.57 Å². The maximum absolute atomic E-state index is 10.5. The SMILES string of the molecule is CC=C(C)C(=O)OC(=O)O. The monoisotopic (exact) mass is 144 g/mol. The van der Waals surface area contributed by atoms with Gasteiger partial charge in [0.2, 0.25) is 0 Å². The molecule has 0 aliphatic rings. The lowest BCUT2D eigenvalue weighted by atomic mass is 10.3. The number of esters is 1. The summed E-state index contributed by atoms with van der Waals surface area (Å²) in [4.78, 5) is 20.3. The van der Waals surface area contributed by atoms with E-state index in [0.717, 1.165) is 0 Å². The highest BCUT2D eigenvalue weighted by molar-refractivity contribution is 5.93. The Bertz CT molecular complexity index is 180. The smallest absolute Gasteiger partial charge is 0.449 e. The van der Waals surface area contributed by atoms with Gasteiger partial charge in [0.05, 0.1) is 0 Å². The van der Waals surface area contributed by atoms with Crippen molar-refractivity contribution in [2.24, 2.45) is 0 Å². The fourth-order valence-electron chi connectivity index (χ4n) is 0.278. The quantitative estimate of drug-likeness (QED) is 0.341. The molecule has 0 saturated carbocycles. The van der Waals surface area contributed by atoms with Gasteiger partial charge in [-0.25, -0.2) is 9.59 Å². The van der Waals surface area contributed by atoms with Crippen molar-refractivity contribution in [2.45, 2.75) is 13.8 Å². The Hall–Kier alpha value is -1.32. The van der Waals surface area contributed by atoms with E-state index < -0.39 is 12.1 Å². The number of carboxylic acid groups (broad SMARTS) is 1. The van der Waals surface area contributed by atoms with Gasteiger partial charge in [0, 0.05) is 5.57 Å². The number of hydrogen-bond acceptors (Lipinski definition) is 3. The number of carbonyl (C=O) groups is 2. The normalized spacial score (nSPS) is 10.8. The molecule has 0 amide bonds. The van der Waals surface area contributed by atoms with Gasteiger partial charge in [-0.3, -0.25) is 0 Å². The molecule has 0 aliphatic carbocycles. The summed E-state index contributed by atoms with van der Waals surface area (Å²) in [5, 5.41) is 7.96. The van der Waals surface area contributed by atoms with E-state index in [9.17, 15) is 9.59 Å². The maximum atomic E-state index is 10.5. The number of ether oxygens (including phenoxy) is 1. The van der Waals surface area contributed by atoms with Crippen molar-refractivity contribution in [3.8, 4) is 0 Å². The van der Waals surface area contributed by atoms with Gasteiger partial charge >= 0.3 is 12.1 Å². The summed E-state index contributed by atoms with van der Waals surface area (Å²) in [7, 11) is 0. The van der Waals surface area contributed by atoms with E-state index >= 15 is 0 Å². The first-order valence-corrected chi connectivity index (χ1v) is 2.66. The first-order chi connectivity index (χ1) is 4.57. The van der Waals surface area contributed by atoms with Crippen LogP contribution in [-0.2, 0) is 9.53 Å². The first-order valence-electron chi connectivity index (χ1n) is 2.66. The molecule has 0 aromatic rings. The van der Waals surface area contributed by atoms with E-state index in [1.54, 1.807) is 6.92 Å². The fraction of sp³-hybridized carbons (Fsp3) is 0.333. The van der Waals surface area contributed by atoms with Crippen molar-refractivity contribution in [3.63, 3.8) is 0 Å². The predicted molar refractivity (Wildman–Crippen MR) is 33.5 cm³/mol. The minimum atomic E-state index is -1.58. The average Bonchev–Trinajstić information content (AvgIpc) is 1.85. The van der Waals surface area contributed by atoms with Crippen molar-refractivity contribution in [3.05, 3.63) is 11.6 Å². The molecule has 56 valence electrons. The molecule has 0 rings (SSSR count). The zero-order valence-electron chi connectivity index (χ0n) is 5.75. The van der Waals surface area contributed by atoms with Crippen molar-refractivity contribution in [2.75, 3.05) is 0 Å². The van der Waals surface area contributed by atoms with Gasteiger partial charge in [0.25, 0.3) is 0 Å². The van der Waals surface area contributed by atoms with E-state index in [2.05, 4.69) is 4.74 Å². The van der Waals surface area contributed by atoms with E-state index in [1.165, 1.54) is 13.0 Å². The third kappa shape index (κ3) is 2.86. The van der Waals surface area contributed by atoms with Gasteiger partial charge in [0.1, 0.15) is 0 Å². The van der Waals surface area contributed by atoms with E-state index in [4.69, 9.17) is 5.11 Å². The summed E-state index contributed by atoms with van der Waals surface area (Å²) in [6.45, 7) is 3.10. The lowest BCUT2D eigenvalue weighted by Gasteiger charge is -1.95. The molecule has 10 heavy (non-hydrogen) atoms. The lowest BCUT2D eigenvalue weighted by Crippen LogP contribution is -2.10. The van der Waals surface area contributed by atoms with Gasteiger partial charge in [-0.1, -0.05) is 6.08 Å². The number of allylic oxidation sites excluding steroid dienone is 1. The molecule has 0 aromatic carbocycles. The number of rotatable bonds is 1. The largest absolute Gasteiger partial charge is 0.513 e. The Balaban J connectivity index is 3.99. The molecule has 0 aliphatic heterocycles. The second-order valence-electron chi connectivity index (χ2n) is 1.63. The highest BCUT2D eigenvalue weighted by Crippen LogP contribution is 1.95. The standard InChI is InChI=1S/C6H8O4/c1-3-4(2)5(7)10-6(8)9/h3H,1-2H3,(H,8,9). The molecule has 0 fully saturated rings. The molecule has 4 heteroatoms. The zero-order chi connectivity index (χ0) is 8.15. The van der Waals surface area contributed by atoms with Crippen LogP contribution in [0.5, 0.6) is 0 Å². The van der Waals surface area contributed by atoms with Crippen LogP contribution >= 0.6 is 0 Å². The van der Waals surface area contributed by atoms with Crippen molar-refractivity contribution < 1.29 is 19.4 Å². The first kappa shape index (κ1) is 8.68. The van der Waals surface area contributed by atoms with Gasteiger partial charge in [-0.2, -0.15) is 0 Å². The van der Waals surface area contributed by atoms with Crippen LogP contribution in [0, 0.1) is 0 Å². The summed E-state index contributed by atoms with van der Waals surface area (Å²) in [5.74, 6) is -0.824. The summed E-state index contributed by atoms with van der Waals surface area (Å²) in [6.07, 6.45) is -0.100. The van der Waals surface area contributed by atoms with Crippen LogP contribution in [0.25, 0.3) is 0 Å². The number of hydrogen-bond donors (Lipinski definition) is 1. The Morgan fingerprint density at radius 1 is 1.50 bits per heavy atom. The van der Waals surface area contributed by atoms with Crippen LogP contribution in [0.2, 0.25) is 0 Å². The van der Waals surface area contributed by atoms with Crippen LogP contribution in [0.15, 0.2) is 11.6 Å². The zero-order valence-corrected chi connectivity index (χ0v) is 5.75. The van der Waals surface area contributed by atoms with Crippen molar-refractivity contribution >= 4 is 12.1 Å². The summed E-state index contributed by atoms with van der Waals surface area (Å²) < 4.78 is 3.81. The Morgan fingerprint density at radius 3 is 2.30 bits per heavy atom. The second-order valence-corrected chi connectivity index (χ2v) is 1.63. The minimum absolute atomic E-state index is 0.280. The molecule has 0 heterocycles. The Labute approximate surface area is 58.1 Å². The van der Waals surface area contributed by atoms with Crippen molar-refractivity contribution in [1.29, 1.82) is 0 Å². The van der Waals surface area contributed by atoms with Gasteiger partial charge in [0.15, 0.2) is 0 Å². The Morgan fingerprint density at radius 2 is 2.00 bits per heavy atom. The van der Waals surface area contributed by atoms with Gasteiger partial charge in [-0.15, -0.1) is 0 Å².